The molecule has 0 aliphatic heterocycles. The number of hydrogen-bond acceptors (Lipinski definition) is 3. The quantitative estimate of drug-likeness (QED) is 0.756. The fourth-order valence-electron chi connectivity index (χ4n) is 2.10. The van der Waals surface area contributed by atoms with Gasteiger partial charge in [-0.15, -0.1) is 0 Å². The number of amides is 2. The van der Waals surface area contributed by atoms with Crippen LogP contribution in [0.25, 0.3) is 0 Å². The molecule has 5 nitrogen and oxygen atoms in total. The molecule has 0 saturated carbocycles. The minimum atomic E-state index is -0.861. The number of methoxy groups -OCH3 is 1. The highest BCUT2D eigenvalue weighted by molar-refractivity contribution is 6.05. The smallest absolute Gasteiger partial charge is 0.255 e. The molecule has 0 saturated heterocycles. The summed E-state index contributed by atoms with van der Waals surface area (Å²) in [6.07, 6.45) is 0.691. The van der Waals surface area contributed by atoms with Crippen molar-refractivity contribution < 1.29 is 23.1 Å². The van der Waals surface area contributed by atoms with Crippen molar-refractivity contribution in [2.45, 2.75) is 6.42 Å². The Bertz CT molecular complexity index is 728. The van der Waals surface area contributed by atoms with Crippen LogP contribution in [0.4, 0.5) is 14.5 Å². The lowest BCUT2D eigenvalue weighted by Gasteiger charge is -2.08. The van der Waals surface area contributed by atoms with E-state index in [0.29, 0.717) is 25.1 Å². The van der Waals surface area contributed by atoms with Gasteiger partial charge in [-0.2, -0.15) is 0 Å². The molecular formula is C18H18F2N2O3. The number of halogens is 2. The standard InChI is InChI=1S/C18H18F2N2O3/c1-25-11-3-10-21-17(23)12-6-8-13(9-7-12)18(24)22-16-14(19)4-2-5-15(16)20/h2,4-9H,3,10-11H2,1H3,(H,21,23)(H,22,24). The van der Waals surface area contributed by atoms with Gasteiger partial charge < -0.3 is 15.4 Å². The van der Waals surface area contributed by atoms with Gasteiger partial charge in [0.15, 0.2) is 0 Å². The first-order valence-corrected chi connectivity index (χ1v) is 7.65. The van der Waals surface area contributed by atoms with Gasteiger partial charge in [0.2, 0.25) is 0 Å². The van der Waals surface area contributed by atoms with Crippen molar-refractivity contribution in [3.63, 3.8) is 0 Å². The van der Waals surface area contributed by atoms with Crippen LogP contribution in [0.2, 0.25) is 0 Å². The Balaban J connectivity index is 1.99. The zero-order valence-corrected chi connectivity index (χ0v) is 13.6. The van der Waals surface area contributed by atoms with E-state index < -0.39 is 23.2 Å². The predicted octanol–water partition coefficient (Wildman–Crippen LogP) is 2.98. The van der Waals surface area contributed by atoms with E-state index in [2.05, 4.69) is 10.6 Å². The second-order valence-corrected chi connectivity index (χ2v) is 5.23. The third-order valence-electron chi connectivity index (χ3n) is 3.42. The molecule has 2 aromatic rings. The zero-order chi connectivity index (χ0) is 18.2. The lowest BCUT2D eigenvalue weighted by atomic mass is 10.1. The second kappa shape index (κ2) is 8.89. The summed E-state index contributed by atoms with van der Waals surface area (Å²) in [7, 11) is 1.58. The van der Waals surface area contributed by atoms with Gasteiger partial charge in [0, 0.05) is 31.4 Å². The van der Waals surface area contributed by atoms with Crippen molar-refractivity contribution in [2.24, 2.45) is 0 Å². The Morgan fingerprint density at radius 1 is 0.960 bits per heavy atom. The van der Waals surface area contributed by atoms with Gasteiger partial charge in [-0.1, -0.05) is 6.07 Å². The lowest BCUT2D eigenvalue weighted by Crippen LogP contribution is -2.25. The van der Waals surface area contributed by atoms with Crippen LogP contribution in [0.15, 0.2) is 42.5 Å². The molecule has 0 heterocycles. The summed E-state index contributed by atoms with van der Waals surface area (Å²) in [6.45, 7) is 1.02. The Labute approximate surface area is 144 Å². The first kappa shape index (κ1) is 18.5. The Morgan fingerprint density at radius 2 is 1.52 bits per heavy atom. The number of anilines is 1. The van der Waals surface area contributed by atoms with Gasteiger partial charge in [0.05, 0.1) is 0 Å². The number of ether oxygens (including phenoxy) is 1. The molecule has 132 valence electrons. The number of para-hydroxylation sites is 1. The van der Waals surface area contributed by atoms with Crippen LogP contribution in [0.3, 0.4) is 0 Å². The van der Waals surface area contributed by atoms with Crippen LogP contribution >= 0.6 is 0 Å². The topological polar surface area (TPSA) is 67.4 Å². The summed E-state index contributed by atoms with van der Waals surface area (Å²) in [5.41, 5.74) is 0.0529. The maximum absolute atomic E-state index is 13.6. The van der Waals surface area contributed by atoms with E-state index in [1.807, 2.05) is 0 Å². The zero-order valence-electron chi connectivity index (χ0n) is 13.6. The number of hydrogen-bond donors (Lipinski definition) is 2. The highest BCUT2D eigenvalue weighted by atomic mass is 19.1. The van der Waals surface area contributed by atoms with Gasteiger partial charge >= 0.3 is 0 Å². The fraction of sp³-hybridized carbons (Fsp3) is 0.222. The number of benzene rings is 2. The van der Waals surface area contributed by atoms with Crippen LogP contribution in [0.5, 0.6) is 0 Å². The van der Waals surface area contributed by atoms with Gasteiger partial charge in [-0.3, -0.25) is 9.59 Å². The highest BCUT2D eigenvalue weighted by Crippen LogP contribution is 2.19. The maximum Gasteiger partial charge on any atom is 0.255 e. The number of carbonyl (C=O) groups excluding carboxylic acids is 2. The molecule has 2 amide bonds. The molecule has 0 aliphatic carbocycles. The van der Waals surface area contributed by atoms with E-state index in [1.54, 1.807) is 7.11 Å². The van der Waals surface area contributed by atoms with E-state index in [0.717, 1.165) is 12.1 Å². The number of nitrogens with one attached hydrogen (secondary N) is 2. The molecule has 0 bridgehead atoms. The van der Waals surface area contributed by atoms with Crippen LogP contribution in [-0.4, -0.2) is 32.1 Å². The summed E-state index contributed by atoms with van der Waals surface area (Å²) in [5.74, 6) is -2.67. The summed E-state index contributed by atoms with van der Waals surface area (Å²) < 4.78 is 32.0. The van der Waals surface area contributed by atoms with E-state index in [4.69, 9.17) is 4.74 Å². The molecule has 0 unspecified atom stereocenters. The molecule has 0 fully saturated rings. The molecule has 0 spiro atoms. The molecule has 0 aliphatic rings. The van der Waals surface area contributed by atoms with E-state index in [-0.39, 0.29) is 11.5 Å². The van der Waals surface area contributed by atoms with Gasteiger partial charge in [-0.25, -0.2) is 8.78 Å². The van der Waals surface area contributed by atoms with Crippen LogP contribution in [0.1, 0.15) is 27.1 Å². The SMILES string of the molecule is COCCCNC(=O)c1ccc(C(=O)Nc2c(F)cccc2F)cc1. The lowest BCUT2D eigenvalue weighted by molar-refractivity contribution is 0.0947. The predicted molar refractivity (Wildman–Crippen MR) is 89.6 cm³/mol. The third kappa shape index (κ3) is 5.09. The molecule has 2 N–H and O–H groups in total. The molecule has 2 rings (SSSR count). The highest BCUT2D eigenvalue weighted by Gasteiger charge is 2.14. The Hall–Kier alpha value is -2.80. The molecular weight excluding hydrogens is 330 g/mol. The van der Waals surface area contributed by atoms with E-state index in [9.17, 15) is 18.4 Å². The molecule has 25 heavy (non-hydrogen) atoms. The van der Waals surface area contributed by atoms with Crippen molar-refractivity contribution in [1.82, 2.24) is 5.32 Å². The second-order valence-electron chi connectivity index (χ2n) is 5.23. The summed E-state index contributed by atoms with van der Waals surface area (Å²) >= 11 is 0. The number of carbonyl (C=O) groups is 2. The normalized spacial score (nSPS) is 10.4. The Morgan fingerprint density at radius 3 is 2.08 bits per heavy atom. The first-order valence-electron chi connectivity index (χ1n) is 7.65. The maximum atomic E-state index is 13.6. The van der Waals surface area contributed by atoms with Crippen molar-refractivity contribution in [1.29, 1.82) is 0 Å². The van der Waals surface area contributed by atoms with Crippen molar-refractivity contribution in [3.05, 3.63) is 65.2 Å². The van der Waals surface area contributed by atoms with E-state index in [1.165, 1.54) is 30.3 Å². The molecule has 0 atom stereocenters. The minimum absolute atomic E-state index is 0.179. The molecule has 2 aromatic carbocycles. The largest absolute Gasteiger partial charge is 0.385 e. The molecule has 0 radical (unpaired) electrons. The van der Waals surface area contributed by atoms with Gasteiger partial charge in [0.1, 0.15) is 17.3 Å². The summed E-state index contributed by atoms with van der Waals surface area (Å²) in [4.78, 5) is 24.0. The van der Waals surface area contributed by atoms with Crippen LogP contribution in [-0.2, 0) is 4.74 Å². The van der Waals surface area contributed by atoms with Crippen molar-refractivity contribution >= 4 is 17.5 Å². The van der Waals surface area contributed by atoms with Crippen molar-refractivity contribution in [2.75, 3.05) is 25.6 Å². The molecule has 7 heteroatoms. The van der Waals surface area contributed by atoms with Crippen LogP contribution < -0.4 is 10.6 Å². The Kier molecular flexibility index (Phi) is 6.59. The van der Waals surface area contributed by atoms with Crippen molar-refractivity contribution in [3.8, 4) is 0 Å². The summed E-state index contributed by atoms with van der Waals surface area (Å²) in [6, 6.07) is 9.08. The van der Waals surface area contributed by atoms with Gasteiger partial charge in [-0.05, 0) is 42.8 Å². The first-order chi connectivity index (χ1) is 12.0. The summed E-state index contributed by atoms with van der Waals surface area (Å²) in [5, 5.41) is 4.91. The van der Waals surface area contributed by atoms with E-state index >= 15 is 0 Å². The minimum Gasteiger partial charge on any atom is -0.385 e. The number of rotatable bonds is 7. The fourth-order valence-corrected chi connectivity index (χ4v) is 2.10. The average Bonchev–Trinajstić information content (AvgIpc) is 2.62. The molecule has 0 aromatic heterocycles. The third-order valence-corrected chi connectivity index (χ3v) is 3.42. The monoisotopic (exact) mass is 348 g/mol. The van der Waals surface area contributed by atoms with Crippen LogP contribution in [0, 0.1) is 11.6 Å². The van der Waals surface area contributed by atoms with Gasteiger partial charge in [0.25, 0.3) is 11.8 Å². The average molecular weight is 348 g/mol.